The largest absolute Gasteiger partial charge is 0.378 e. The first kappa shape index (κ1) is 25.8. The van der Waals surface area contributed by atoms with Gasteiger partial charge in [0.1, 0.15) is 24.5 Å². The third kappa shape index (κ3) is 6.20. The number of fused-ring (bicyclic) bond motifs is 1. The van der Waals surface area contributed by atoms with E-state index in [1.54, 1.807) is 6.33 Å². The van der Waals surface area contributed by atoms with Gasteiger partial charge >= 0.3 is 0 Å². The van der Waals surface area contributed by atoms with Crippen LogP contribution in [-0.2, 0) is 21.0 Å². The summed E-state index contributed by atoms with van der Waals surface area (Å²) < 4.78 is 13.9. The Balaban J connectivity index is 1.43. The van der Waals surface area contributed by atoms with Crippen LogP contribution in [0.1, 0.15) is 6.42 Å². The van der Waals surface area contributed by atoms with Crippen LogP contribution in [0.15, 0.2) is 36.7 Å². The molecule has 37 heavy (non-hydrogen) atoms. The Morgan fingerprint density at radius 3 is 2.68 bits per heavy atom. The lowest BCUT2D eigenvalue weighted by atomic mass is 10.1. The molecule has 2 saturated heterocycles. The summed E-state index contributed by atoms with van der Waals surface area (Å²) in [5.41, 5.74) is 3.74. The molecule has 2 fully saturated rings. The molecule has 1 atom stereocenters. The Hall–Kier alpha value is -2.79. The van der Waals surface area contributed by atoms with Gasteiger partial charge in [-0.15, -0.1) is 0 Å². The van der Waals surface area contributed by atoms with Crippen molar-refractivity contribution in [2.45, 2.75) is 38.8 Å². The second-order valence-corrected chi connectivity index (χ2v) is 16.7. The average Bonchev–Trinajstić information content (AvgIpc) is 3.56. The fourth-order valence-corrected chi connectivity index (χ4v) is 5.59. The maximum Gasteiger partial charge on any atom is 0.228 e. The summed E-state index contributed by atoms with van der Waals surface area (Å²) in [4.78, 5) is 24.1. The molecule has 198 valence electrons. The molecule has 9 nitrogen and oxygen atoms in total. The van der Waals surface area contributed by atoms with Crippen molar-refractivity contribution in [1.82, 2.24) is 19.9 Å². The first-order valence-electron chi connectivity index (χ1n) is 13.3. The van der Waals surface area contributed by atoms with Gasteiger partial charge in [-0.1, -0.05) is 31.8 Å². The Labute approximate surface area is 219 Å². The standard InChI is InChI=1S/C27H38N6O3Si/c1-37(2,3)15-14-36-19-33-24(16-23-25(29-18-30-26(23)33)32-10-12-35-13-11-32)20-4-6-22(7-5-20)31-27(34)21-8-9-28-17-21/h4-7,16,18,21,28H,8-15,17,19H2,1-3H3,(H,31,34)/t21-/m1/s1. The summed E-state index contributed by atoms with van der Waals surface area (Å²) in [5.74, 6) is 1.05. The SMILES string of the molecule is C[Si](C)(C)CCOCn1c(-c2ccc(NC(=O)[C@@H]3CCNC3)cc2)cc2c(N3CCOCC3)ncnc21. The van der Waals surface area contributed by atoms with Crippen LogP contribution in [0.4, 0.5) is 11.5 Å². The van der Waals surface area contributed by atoms with Gasteiger partial charge in [0.15, 0.2) is 0 Å². The maximum atomic E-state index is 12.5. The lowest BCUT2D eigenvalue weighted by Gasteiger charge is -2.28. The third-order valence-corrected chi connectivity index (χ3v) is 8.78. The van der Waals surface area contributed by atoms with Crippen LogP contribution in [0.2, 0.25) is 25.7 Å². The molecule has 2 aliphatic heterocycles. The van der Waals surface area contributed by atoms with Crippen LogP contribution in [0, 0.1) is 5.92 Å². The van der Waals surface area contributed by atoms with Crippen molar-refractivity contribution in [1.29, 1.82) is 0 Å². The van der Waals surface area contributed by atoms with Crippen molar-refractivity contribution < 1.29 is 14.3 Å². The van der Waals surface area contributed by atoms with Crippen molar-refractivity contribution in [2.24, 2.45) is 5.92 Å². The minimum atomic E-state index is -1.19. The molecule has 2 aliphatic rings. The van der Waals surface area contributed by atoms with E-state index in [0.29, 0.717) is 19.9 Å². The van der Waals surface area contributed by atoms with Gasteiger partial charge in [-0.3, -0.25) is 4.79 Å². The number of rotatable bonds is 9. The highest BCUT2D eigenvalue weighted by atomic mass is 28.3. The number of carbonyl (C=O) groups excluding carboxylic acids is 1. The number of ether oxygens (including phenoxy) is 2. The molecule has 2 aromatic heterocycles. The Morgan fingerprint density at radius 1 is 1.19 bits per heavy atom. The van der Waals surface area contributed by atoms with Crippen LogP contribution in [0.3, 0.4) is 0 Å². The van der Waals surface area contributed by atoms with Crippen molar-refractivity contribution >= 4 is 36.5 Å². The highest BCUT2D eigenvalue weighted by Crippen LogP contribution is 2.33. The van der Waals surface area contributed by atoms with E-state index in [4.69, 9.17) is 9.47 Å². The van der Waals surface area contributed by atoms with E-state index in [0.717, 1.165) is 79.0 Å². The van der Waals surface area contributed by atoms with Gasteiger partial charge in [0.25, 0.3) is 0 Å². The minimum Gasteiger partial charge on any atom is -0.378 e. The summed E-state index contributed by atoms with van der Waals surface area (Å²) in [7, 11) is -1.19. The molecule has 2 N–H and O–H groups in total. The van der Waals surface area contributed by atoms with Gasteiger partial charge in [-0.2, -0.15) is 0 Å². The van der Waals surface area contributed by atoms with E-state index < -0.39 is 8.07 Å². The predicted molar refractivity (Wildman–Crippen MR) is 150 cm³/mol. The van der Waals surface area contributed by atoms with Gasteiger partial charge in [-0.25, -0.2) is 9.97 Å². The molecule has 1 amide bonds. The minimum absolute atomic E-state index is 0.0349. The molecule has 5 rings (SSSR count). The number of hydrogen-bond donors (Lipinski definition) is 2. The van der Waals surface area contributed by atoms with E-state index in [-0.39, 0.29) is 11.8 Å². The van der Waals surface area contributed by atoms with Crippen LogP contribution in [0.5, 0.6) is 0 Å². The van der Waals surface area contributed by atoms with Crippen LogP contribution in [0.25, 0.3) is 22.3 Å². The normalized spacial score (nSPS) is 18.5. The maximum absolute atomic E-state index is 12.5. The fourth-order valence-electron chi connectivity index (χ4n) is 4.83. The van der Waals surface area contributed by atoms with E-state index in [2.05, 4.69) is 67.9 Å². The van der Waals surface area contributed by atoms with E-state index in [1.165, 1.54) is 0 Å². The Bertz CT molecular complexity index is 1210. The highest BCUT2D eigenvalue weighted by molar-refractivity contribution is 6.76. The molecular formula is C27H38N6O3Si. The lowest BCUT2D eigenvalue weighted by molar-refractivity contribution is -0.119. The summed E-state index contributed by atoms with van der Waals surface area (Å²) in [6.07, 6.45) is 2.53. The number of anilines is 2. The predicted octanol–water partition coefficient (Wildman–Crippen LogP) is 3.80. The molecule has 0 saturated carbocycles. The van der Waals surface area contributed by atoms with Crippen molar-refractivity contribution in [2.75, 3.05) is 56.2 Å². The van der Waals surface area contributed by atoms with Crippen LogP contribution >= 0.6 is 0 Å². The zero-order valence-corrected chi connectivity index (χ0v) is 23.1. The quantitative estimate of drug-likeness (QED) is 0.326. The lowest BCUT2D eigenvalue weighted by Crippen LogP contribution is -2.36. The molecule has 10 heteroatoms. The van der Waals surface area contributed by atoms with Gasteiger partial charge < -0.3 is 29.6 Å². The van der Waals surface area contributed by atoms with Crippen molar-refractivity contribution in [3.63, 3.8) is 0 Å². The molecule has 0 bridgehead atoms. The number of nitrogens with zero attached hydrogens (tertiary/aromatic N) is 4. The monoisotopic (exact) mass is 522 g/mol. The van der Waals surface area contributed by atoms with Gasteiger partial charge in [0.2, 0.25) is 5.91 Å². The Morgan fingerprint density at radius 2 is 1.97 bits per heavy atom. The van der Waals surface area contributed by atoms with Crippen molar-refractivity contribution in [3.05, 3.63) is 36.7 Å². The van der Waals surface area contributed by atoms with E-state index in [9.17, 15) is 4.79 Å². The number of benzene rings is 1. The second kappa shape index (κ2) is 11.3. The zero-order chi connectivity index (χ0) is 25.8. The Kier molecular flexibility index (Phi) is 7.89. The van der Waals surface area contributed by atoms with Crippen molar-refractivity contribution in [3.8, 4) is 11.3 Å². The van der Waals surface area contributed by atoms with E-state index >= 15 is 0 Å². The molecule has 0 radical (unpaired) electrons. The number of morpholine rings is 1. The highest BCUT2D eigenvalue weighted by Gasteiger charge is 2.23. The first-order chi connectivity index (χ1) is 17.9. The van der Waals surface area contributed by atoms with Gasteiger partial charge in [0.05, 0.1) is 30.2 Å². The molecule has 4 heterocycles. The first-order valence-corrected chi connectivity index (χ1v) is 17.0. The molecule has 1 aromatic carbocycles. The number of amides is 1. The molecule has 0 aliphatic carbocycles. The van der Waals surface area contributed by atoms with Gasteiger partial charge in [-0.05, 0) is 42.8 Å². The zero-order valence-electron chi connectivity index (χ0n) is 22.1. The van der Waals surface area contributed by atoms with Crippen LogP contribution < -0.4 is 15.5 Å². The molecule has 0 spiro atoms. The number of hydrogen-bond acceptors (Lipinski definition) is 7. The number of aromatic nitrogens is 3. The summed E-state index contributed by atoms with van der Waals surface area (Å²) in [5, 5.41) is 7.33. The average molecular weight is 523 g/mol. The fraction of sp³-hybridized carbons (Fsp3) is 0.519. The summed E-state index contributed by atoms with van der Waals surface area (Å²) in [6.45, 7) is 12.9. The van der Waals surface area contributed by atoms with E-state index in [1.807, 2.05) is 12.1 Å². The second-order valence-electron chi connectivity index (χ2n) is 11.1. The molecular weight excluding hydrogens is 484 g/mol. The third-order valence-electron chi connectivity index (χ3n) is 7.08. The smallest absolute Gasteiger partial charge is 0.228 e. The van der Waals surface area contributed by atoms with Gasteiger partial charge in [0, 0.05) is 40.0 Å². The summed E-state index contributed by atoms with van der Waals surface area (Å²) >= 11 is 0. The van der Waals surface area contributed by atoms with Crippen LogP contribution in [-0.4, -0.2) is 74.5 Å². The number of nitrogens with one attached hydrogen (secondary N) is 2. The topological polar surface area (TPSA) is 93.5 Å². The molecule has 0 unspecified atom stereocenters. The summed E-state index contributed by atoms with van der Waals surface area (Å²) in [6, 6.07) is 11.3. The number of carbonyl (C=O) groups is 1. The molecule has 3 aromatic rings.